The first-order chi connectivity index (χ1) is 15.4. The molecule has 1 amide bonds. The molecule has 0 saturated heterocycles. The summed E-state index contributed by atoms with van der Waals surface area (Å²) in [4.78, 5) is 12.3. The van der Waals surface area contributed by atoms with E-state index in [0.717, 1.165) is 29.9 Å². The molecule has 8 heteroatoms. The molecule has 1 aromatic heterocycles. The molecule has 0 saturated carbocycles. The van der Waals surface area contributed by atoms with Crippen molar-refractivity contribution in [1.82, 2.24) is 5.43 Å². The van der Waals surface area contributed by atoms with Gasteiger partial charge in [0.25, 0.3) is 0 Å². The van der Waals surface area contributed by atoms with Gasteiger partial charge in [-0.05, 0) is 86.3 Å². The zero-order chi connectivity index (χ0) is 22.7. The fourth-order valence-corrected chi connectivity index (χ4v) is 4.81. The fraction of sp³-hybridized carbons (Fsp3) is 0.0833. The van der Waals surface area contributed by atoms with Gasteiger partial charge in [0.05, 0.1) is 15.2 Å². The predicted octanol–water partition coefficient (Wildman–Crippen LogP) is 7.37. The van der Waals surface area contributed by atoms with Crippen LogP contribution in [0.2, 0.25) is 0 Å². The molecule has 0 fully saturated rings. The molecule has 5 nitrogen and oxygen atoms in total. The second-order valence-electron chi connectivity index (χ2n) is 7.08. The van der Waals surface area contributed by atoms with E-state index in [4.69, 9.17) is 9.15 Å². The van der Waals surface area contributed by atoms with Crippen LogP contribution in [0.25, 0.3) is 11.0 Å². The predicted molar refractivity (Wildman–Crippen MR) is 136 cm³/mol. The van der Waals surface area contributed by atoms with Gasteiger partial charge >= 0.3 is 5.91 Å². The van der Waals surface area contributed by atoms with Gasteiger partial charge in [-0.15, -0.1) is 0 Å². The minimum Gasteiger partial charge on any atom is -0.487 e. The second-order valence-corrected chi connectivity index (χ2v) is 9.70. The molecule has 3 aromatic carbocycles. The molecular weight excluding hydrogens is 604 g/mol. The number of hydrogen-bond donors (Lipinski definition) is 1. The summed E-state index contributed by atoms with van der Waals surface area (Å²) in [6, 6.07) is 19.2. The Balaban J connectivity index is 1.41. The Labute approximate surface area is 210 Å². The van der Waals surface area contributed by atoms with E-state index in [-0.39, 0.29) is 5.76 Å². The SMILES string of the molecule is Cc1ccc(COc2c(Br)cc(/C=N/NC(=O)c3cc4cc(Br)ccc4o3)cc2Br)cc1. The molecule has 0 aliphatic carbocycles. The van der Waals surface area contributed by atoms with Crippen molar-refractivity contribution in [3.63, 3.8) is 0 Å². The van der Waals surface area contributed by atoms with Crippen LogP contribution in [0.4, 0.5) is 0 Å². The van der Waals surface area contributed by atoms with Gasteiger partial charge in [-0.25, -0.2) is 5.43 Å². The van der Waals surface area contributed by atoms with Gasteiger partial charge in [0.15, 0.2) is 5.76 Å². The van der Waals surface area contributed by atoms with E-state index < -0.39 is 5.91 Å². The molecule has 0 aliphatic heterocycles. The van der Waals surface area contributed by atoms with Gasteiger partial charge in [-0.3, -0.25) is 4.79 Å². The molecular formula is C24H17Br3N2O3. The number of fused-ring (bicyclic) bond motifs is 1. The minimum absolute atomic E-state index is 0.192. The summed E-state index contributed by atoms with van der Waals surface area (Å²) >= 11 is 10.5. The summed E-state index contributed by atoms with van der Waals surface area (Å²) < 4.78 is 14.0. The van der Waals surface area contributed by atoms with Crippen LogP contribution in [0.15, 0.2) is 83.6 Å². The molecule has 1 heterocycles. The average Bonchev–Trinajstić information content (AvgIpc) is 3.18. The first-order valence-corrected chi connectivity index (χ1v) is 12.0. The Hall–Kier alpha value is -2.42. The van der Waals surface area contributed by atoms with Crippen molar-refractivity contribution in [3.05, 3.63) is 96.5 Å². The van der Waals surface area contributed by atoms with Crippen molar-refractivity contribution in [2.45, 2.75) is 13.5 Å². The largest absolute Gasteiger partial charge is 0.487 e. The lowest BCUT2D eigenvalue weighted by Crippen LogP contribution is -2.16. The highest BCUT2D eigenvalue weighted by Crippen LogP contribution is 2.35. The first kappa shape index (κ1) is 22.8. The number of halogens is 3. The summed E-state index contributed by atoms with van der Waals surface area (Å²) in [7, 11) is 0. The van der Waals surface area contributed by atoms with E-state index in [2.05, 4.69) is 77.4 Å². The van der Waals surface area contributed by atoms with E-state index in [1.165, 1.54) is 5.56 Å². The number of rotatable bonds is 6. The molecule has 0 atom stereocenters. The maximum absolute atomic E-state index is 12.3. The van der Waals surface area contributed by atoms with E-state index in [9.17, 15) is 4.79 Å². The van der Waals surface area contributed by atoms with Crippen molar-refractivity contribution in [2.24, 2.45) is 5.10 Å². The minimum atomic E-state index is -0.426. The van der Waals surface area contributed by atoms with Crippen molar-refractivity contribution in [3.8, 4) is 5.75 Å². The Morgan fingerprint density at radius 3 is 2.47 bits per heavy atom. The lowest BCUT2D eigenvalue weighted by molar-refractivity contribution is 0.0929. The zero-order valence-corrected chi connectivity index (χ0v) is 21.6. The maximum atomic E-state index is 12.3. The van der Waals surface area contributed by atoms with Crippen LogP contribution in [0.1, 0.15) is 27.2 Å². The molecule has 4 aromatic rings. The molecule has 0 unspecified atom stereocenters. The highest BCUT2D eigenvalue weighted by molar-refractivity contribution is 9.11. The average molecular weight is 621 g/mol. The Morgan fingerprint density at radius 1 is 1.03 bits per heavy atom. The van der Waals surface area contributed by atoms with Crippen LogP contribution in [-0.4, -0.2) is 12.1 Å². The molecule has 4 rings (SSSR count). The van der Waals surface area contributed by atoms with Crippen LogP contribution in [0, 0.1) is 6.92 Å². The summed E-state index contributed by atoms with van der Waals surface area (Å²) in [5.41, 5.74) is 6.20. The summed E-state index contributed by atoms with van der Waals surface area (Å²) in [6.45, 7) is 2.51. The highest BCUT2D eigenvalue weighted by Gasteiger charge is 2.12. The Morgan fingerprint density at radius 2 is 1.75 bits per heavy atom. The molecule has 0 spiro atoms. The number of carbonyl (C=O) groups is 1. The van der Waals surface area contributed by atoms with Crippen LogP contribution in [-0.2, 0) is 6.61 Å². The summed E-state index contributed by atoms with van der Waals surface area (Å²) in [6.07, 6.45) is 1.55. The Bertz CT molecular complexity index is 1290. The zero-order valence-electron chi connectivity index (χ0n) is 16.9. The summed E-state index contributed by atoms with van der Waals surface area (Å²) in [5, 5.41) is 4.88. The second kappa shape index (κ2) is 10.0. The number of nitrogens with zero attached hydrogens (tertiary/aromatic N) is 1. The standard InChI is InChI=1S/C24H17Br3N2O3/c1-14-2-4-15(5-3-14)13-31-23-19(26)8-16(9-20(23)27)12-28-29-24(30)22-11-17-10-18(25)6-7-21(17)32-22/h2-12H,13H2,1H3,(H,29,30)/b28-12+. The number of hydrazone groups is 1. The number of carbonyl (C=O) groups excluding carboxylic acids is 1. The van der Waals surface area contributed by atoms with E-state index in [1.54, 1.807) is 18.3 Å². The van der Waals surface area contributed by atoms with Crippen LogP contribution >= 0.6 is 47.8 Å². The number of nitrogens with one attached hydrogen (secondary N) is 1. The number of aryl methyl sites for hydroxylation is 1. The lowest BCUT2D eigenvalue weighted by Gasteiger charge is -2.11. The monoisotopic (exact) mass is 618 g/mol. The lowest BCUT2D eigenvalue weighted by atomic mass is 10.2. The maximum Gasteiger partial charge on any atom is 0.307 e. The highest BCUT2D eigenvalue weighted by atomic mass is 79.9. The van der Waals surface area contributed by atoms with Crippen molar-refractivity contribution in [2.75, 3.05) is 0 Å². The van der Waals surface area contributed by atoms with E-state index >= 15 is 0 Å². The van der Waals surface area contributed by atoms with Gasteiger partial charge in [-0.2, -0.15) is 5.10 Å². The molecule has 0 bridgehead atoms. The third kappa shape index (κ3) is 5.49. The van der Waals surface area contributed by atoms with Gasteiger partial charge in [0.2, 0.25) is 0 Å². The van der Waals surface area contributed by atoms with Crippen molar-refractivity contribution < 1.29 is 13.9 Å². The van der Waals surface area contributed by atoms with Gasteiger partial charge in [-0.1, -0.05) is 45.8 Å². The van der Waals surface area contributed by atoms with E-state index in [0.29, 0.717) is 17.9 Å². The molecule has 1 N–H and O–H groups in total. The number of furan rings is 1. The number of amides is 1. The molecule has 162 valence electrons. The van der Waals surface area contributed by atoms with Crippen LogP contribution in [0.5, 0.6) is 5.75 Å². The van der Waals surface area contributed by atoms with Crippen molar-refractivity contribution >= 4 is 70.9 Å². The van der Waals surface area contributed by atoms with Gasteiger partial charge in [0.1, 0.15) is 17.9 Å². The van der Waals surface area contributed by atoms with Crippen LogP contribution in [0.3, 0.4) is 0 Å². The number of ether oxygens (including phenoxy) is 1. The Kier molecular flexibility index (Phi) is 7.13. The van der Waals surface area contributed by atoms with E-state index in [1.807, 2.05) is 36.4 Å². The smallest absolute Gasteiger partial charge is 0.307 e. The quantitative estimate of drug-likeness (QED) is 0.181. The first-order valence-electron chi connectivity index (χ1n) is 9.59. The number of hydrogen-bond acceptors (Lipinski definition) is 4. The molecule has 0 aliphatic rings. The fourth-order valence-electron chi connectivity index (χ4n) is 2.98. The summed E-state index contributed by atoms with van der Waals surface area (Å²) in [5.74, 6) is 0.461. The number of benzene rings is 3. The third-order valence-electron chi connectivity index (χ3n) is 4.61. The van der Waals surface area contributed by atoms with Crippen LogP contribution < -0.4 is 10.2 Å². The van der Waals surface area contributed by atoms with Gasteiger partial charge < -0.3 is 9.15 Å². The topological polar surface area (TPSA) is 63.8 Å². The normalized spacial score (nSPS) is 11.2. The third-order valence-corrected chi connectivity index (χ3v) is 6.28. The van der Waals surface area contributed by atoms with Gasteiger partial charge in [0, 0.05) is 9.86 Å². The van der Waals surface area contributed by atoms with Crippen molar-refractivity contribution in [1.29, 1.82) is 0 Å². The molecule has 0 radical (unpaired) electrons. The molecule has 32 heavy (non-hydrogen) atoms.